The summed E-state index contributed by atoms with van der Waals surface area (Å²) < 4.78 is 0. The molecule has 0 saturated carbocycles. The zero-order valence-electron chi connectivity index (χ0n) is 7.90. The fourth-order valence-electron chi connectivity index (χ4n) is 1.12. The Hall–Kier alpha value is 0.310. The quantitative estimate of drug-likeness (QED) is 0.596. The van der Waals surface area contributed by atoms with Gasteiger partial charge in [-0.3, -0.25) is 0 Å². The van der Waals surface area contributed by atoms with E-state index in [2.05, 4.69) is 39.1 Å². The van der Waals surface area contributed by atoms with Crippen LogP contribution in [0.15, 0.2) is 17.0 Å². The Morgan fingerprint density at radius 1 is 1.23 bits per heavy atom. The molecular formula is C9H13OPS2. The van der Waals surface area contributed by atoms with Gasteiger partial charge in [0.2, 0.25) is 0 Å². The summed E-state index contributed by atoms with van der Waals surface area (Å²) >= 11 is 5.43. The van der Waals surface area contributed by atoms with Gasteiger partial charge in [-0.2, -0.15) is 0 Å². The van der Waals surface area contributed by atoms with Gasteiger partial charge in [-0.25, -0.2) is 0 Å². The molecule has 0 radical (unpaired) electrons. The Kier molecular flexibility index (Phi) is 4.11. The number of rotatable bonds is 2. The summed E-state index contributed by atoms with van der Waals surface area (Å²) in [5, 5.41) is 0. The van der Waals surface area contributed by atoms with Crippen molar-refractivity contribution in [3.8, 4) is 0 Å². The number of aryl methyl sites for hydroxylation is 1. The number of hydrogen-bond acceptors (Lipinski definition) is 3. The second-order valence-corrected chi connectivity index (χ2v) is 7.64. The highest BCUT2D eigenvalue weighted by atomic mass is 33.1. The highest BCUT2D eigenvalue weighted by Crippen LogP contribution is 2.54. The first kappa shape index (κ1) is 11.4. The van der Waals surface area contributed by atoms with Gasteiger partial charge in [0.05, 0.1) is 0 Å². The van der Waals surface area contributed by atoms with Gasteiger partial charge in [-0.15, -0.1) is 12.2 Å². The van der Waals surface area contributed by atoms with Gasteiger partial charge in [-0.05, 0) is 43.5 Å². The van der Waals surface area contributed by atoms with E-state index in [0.717, 1.165) is 4.90 Å². The minimum Gasteiger partial charge on any atom is -0.355 e. The lowest BCUT2D eigenvalue weighted by molar-refractivity contribution is 0.656. The molecule has 0 aliphatic heterocycles. The fraction of sp³-hybridized carbons (Fsp3) is 0.333. The summed E-state index contributed by atoms with van der Waals surface area (Å²) in [6.07, 6.45) is 0. The van der Waals surface area contributed by atoms with Gasteiger partial charge in [-0.1, -0.05) is 17.4 Å². The first-order valence-electron chi connectivity index (χ1n) is 3.95. The number of benzene rings is 1. The monoisotopic (exact) mass is 232 g/mol. The molecule has 4 heteroatoms. The van der Waals surface area contributed by atoms with E-state index in [9.17, 15) is 4.89 Å². The maximum Gasteiger partial charge on any atom is 0.150 e. The van der Waals surface area contributed by atoms with Crippen LogP contribution in [-0.2, 0) is 0 Å². The molecule has 0 fully saturated rings. The molecule has 0 spiro atoms. The first-order valence-corrected chi connectivity index (χ1v) is 7.82. The number of thiol groups is 1. The van der Waals surface area contributed by atoms with Crippen molar-refractivity contribution in [1.29, 1.82) is 0 Å². The molecule has 1 unspecified atom stereocenters. The number of hydrogen-bond donors (Lipinski definition) is 2. The lowest BCUT2D eigenvalue weighted by atomic mass is 10.1. The van der Waals surface area contributed by atoms with Gasteiger partial charge >= 0.3 is 0 Å². The molecule has 1 nitrogen and oxygen atoms in total. The summed E-state index contributed by atoms with van der Waals surface area (Å²) in [6, 6.07) is 4.13. The third kappa shape index (κ3) is 2.88. The van der Waals surface area contributed by atoms with Crippen LogP contribution in [0.25, 0.3) is 0 Å². The predicted octanol–water partition coefficient (Wildman–Crippen LogP) is 3.85. The van der Waals surface area contributed by atoms with Crippen LogP contribution in [0, 0.1) is 20.8 Å². The molecule has 0 amide bonds. The predicted molar refractivity (Wildman–Crippen MR) is 64.6 cm³/mol. The van der Waals surface area contributed by atoms with Crippen molar-refractivity contribution < 1.29 is 4.89 Å². The van der Waals surface area contributed by atoms with Crippen molar-refractivity contribution in [2.45, 2.75) is 25.7 Å². The van der Waals surface area contributed by atoms with E-state index in [-0.39, 0.29) is 0 Å². The minimum atomic E-state index is -1.20. The molecule has 1 N–H and O–H groups in total. The molecule has 0 aromatic heterocycles. The van der Waals surface area contributed by atoms with Crippen LogP contribution in [0.1, 0.15) is 16.7 Å². The van der Waals surface area contributed by atoms with E-state index in [4.69, 9.17) is 0 Å². The van der Waals surface area contributed by atoms with Gasteiger partial charge in [0, 0.05) is 4.90 Å². The molecule has 0 bridgehead atoms. The van der Waals surface area contributed by atoms with Gasteiger partial charge in [0.1, 0.15) is 0 Å². The van der Waals surface area contributed by atoms with E-state index >= 15 is 0 Å². The highest BCUT2D eigenvalue weighted by Gasteiger charge is 2.07. The molecule has 13 heavy (non-hydrogen) atoms. The first-order chi connectivity index (χ1) is 6.02. The highest BCUT2D eigenvalue weighted by molar-refractivity contribution is 8.81. The van der Waals surface area contributed by atoms with Crippen LogP contribution in [-0.4, -0.2) is 4.89 Å². The normalized spacial score (nSPS) is 13.0. The second-order valence-electron chi connectivity index (χ2n) is 2.97. The second kappa shape index (κ2) is 4.70. The van der Waals surface area contributed by atoms with E-state index in [0.29, 0.717) is 0 Å². The van der Waals surface area contributed by atoms with Gasteiger partial charge < -0.3 is 4.89 Å². The van der Waals surface area contributed by atoms with Crippen LogP contribution in [0.5, 0.6) is 0 Å². The smallest absolute Gasteiger partial charge is 0.150 e. The summed E-state index contributed by atoms with van der Waals surface area (Å²) in [4.78, 5) is 10.3. The third-order valence-electron chi connectivity index (χ3n) is 2.19. The molecule has 72 valence electrons. The van der Waals surface area contributed by atoms with Crippen LogP contribution in [0.2, 0.25) is 0 Å². The maximum absolute atomic E-state index is 9.18. The third-order valence-corrected chi connectivity index (χ3v) is 4.81. The lowest BCUT2D eigenvalue weighted by Gasteiger charge is -2.10. The molecule has 1 rings (SSSR count). The molecule has 1 aromatic rings. The topological polar surface area (TPSA) is 20.2 Å². The largest absolute Gasteiger partial charge is 0.355 e. The summed E-state index contributed by atoms with van der Waals surface area (Å²) in [5.41, 5.74) is 3.85. The summed E-state index contributed by atoms with van der Waals surface area (Å²) in [5.74, 6) is 0. The summed E-state index contributed by atoms with van der Waals surface area (Å²) in [7, 11) is 0. The van der Waals surface area contributed by atoms with Crippen molar-refractivity contribution in [2.24, 2.45) is 0 Å². The zero-order chi connectivity index (χ0) is 10.0. The molecule has 1 atom stereocenters. The fourth-order valence-corrected chi connectivity index (χ4v) is 3.63. The maximum atomic E-state index is 9.18. The van der Waals surface area contributed by atoms with E-state index < -0.39 is 6.55 Å². The Morgan fingerprint density at radius 2 is 1.85 bits per heavy atom. The van der Waals surface area contributed by atoms with E-state index in [1.807, 2.05) is 6.07 Å². The Bertz CT molecular complexity index is 313. The molecular weight excluding hydrogens is 219 g/mol. The standard InChI is InChI=1S/C9H13OPS2/c1-6-4-5-9(13-11(10)12)8(3)7(6)2/h4-5,10,12H,1-3H3. The van der Waals surface area contributed by atoms with Crippen molar-refractivity contribution >= 4 is 30.2 Å². The zero-order valence-corrected chi connectivity index (χ0v) is 10.5. The van der Waals surface area contributed by atoms with Crippen LogP contribution in [0.4, 0.5) is 0 Å². The molecule has 0 aliphatic carbocycles. The summed E-state index contributed by atoms with van der Waals surface area (Å²) in [6.45, 7) is 5.08. The van der Waals surface area contributed by atoms with Crippen molar-refractivity contribution in [3.63, 3.8) is 0 Å². The Labute approximate surface area is 89.7 Å². The van der Waals surface area contributed by atoms with Crippen LogP contribution in [0.3, 0.4) is 0 Å². The van der Waals surface area contributed by atoms with Gasteiger partial charge in [0.15, 0.2) is 6.55 Å². The molecule has 0 saturated heterocycles. The lowest BCUT2D eigenvalue weighted by Crippen LogP contribution is -1.87. The van der Waals surface area contributed by atoms with Gasteiger partial charge in [0.25, 0.3) is 0 Å². The van der Waals surface area contributed by atoms with E-state index in [1.54, 1.807) is 0 Å². The van der Waals surface area contributed by atoms with Crippen LogP contribution >= 0.6 is 30.2 Å². The molecule has 0 aliphatic rings. The molecule has 1 aromatic carbocycles. The van der Waals surface area contributed by atoms with E-state index in [1.165, 1.54) is 28.1 Å². The molecule has 0 heterocycles. The Balaban J connectivity index is 3.04. The van der Waals surface area contributed by atoms with Crippen molar-refractivity contribution in [3.05, 3.63) is 28.8 Å². The minimum absolute atomic E-state index is 1.13. The Morgan fingerprint density at radius 3 is 2.38 bits per heavy atom. The average molecular weight is 232 g/mol. The average Bonchev–Trinajstić information content (AvgIpc) is 2.06. The van der Waals surface area contributed by atoms with Crippen LogP contribution < -0.4 is 0 Å². The van der Waals surface area contributed by atoms with Crippen molar-refractivity contribution in [2.75, 3.05) is 0 Å². The van der Waals surface area contributed by atoms with Crippen molar-refractivity contribution in [1.82, 2.24) is 0 Å². The SMILES string of the molecule is Cc1ccc(SP(O)S)c(C)c1C.